The van der Waals surface area contributed by atoms with Crippen LogP contribution in [0, 0.1) is 11.8 Å². The number of aromatic nitrogens is 2. The first-order chi connectivity index (χ1) is 7.90. The number of nitrogens with two attached hydrogens (primary N) is 1. The van der Waals surface area contributed by atoms with Crippen LogP contribution in [0.15, 0.2) is 6.20 Å². The number of Topliss-reactive ketones (excluding diaryl/α,β-unsaturated/α-hetero) is 1. The summed E-state index contributed by atoms with van der Waals surface area (Å²) in [5, 5.41) is 4.54. The summed E-state index contributed by atoms with van der Waals surface area (Å²) in [5.41, 5.74) is 6.14. The monoisotopic (exact) mass is 257 g/mol. The van der Waals surface area contributed by atoms with E-state index in [1.807, 2.05) is 27.7 Å². The second-order valence-electron chi connectivity index (χ2n) is 4.83. The third-order valence-electron chi connectivity index (χ3n) is 2.87. The number of hydrogen-bond acceptors (Lipinski definition) is 3. The number of carbonyl (C=O) groups excluding carboxylic acids is 1. The number of ketones is 1. The normalized spacial score (nSPS) is 13.4. The molecule has 0 aromatic carbocycles. The number of nitrogens with zero attached hydrogens (tertiary/aromatic N) is 2. The lowest BCUT2D eigenvalue weighted by molar-refractivity contribution is 0.0879. The summed E-state index contributed by atoms with van der Waals surface area (Å²) in [6, 6.07) is 0.104. The van der Waals surface area contributed by atoms with Crippen molar-refractivity contribution in [2.24, 2.45) is 17.6 Å². The maximum absolute atomic E-state index is 12.4. The predicted octanol–water partition coefficient (Wildman–Crippen LogP) is 2.53. The van der Waals surface area contributed by atoms with Crippen molar-refractivity contribution < 1.29 is 4.79 Å². The van der Waals surface area contributed by atoms with E-state index in [1.165, 1.54) is 6.20 Å². The fraction of sp³-hybridized carbons (Fsp3) is 0.667. The Morgan fingerprint density at radius 2 is 2.06 bits per heavy atom. The van der Waals surface area contributed by atoms with E-state index < -0.39 is 0 Å². The number of hydrogen-bond donors (Lipinski definition) is 1. The molecule has 4 nitrogen and oxygen atoms in total. The van der Waals surface area contributed by atoms with Crippen LogP contribution < -0.4 is 5.73 Å². The largest absolute Gasteiger partial charge is 0.330 e. The predicted molar refractivity (Wildman–Crippen MR) is 69.3 cm³/mol. The summed E-state index contributed by atoms with van der Waals surface area (Å²) in [4.78, 5) is 12.4. The molecule has 0 saturated heterocycles. The van der Waals surface area contributed by atoms with Crippen LogP contribution in [0.4, 0.5) is 0 Å². The highest BCUT2D eigenvalue weighted by Crippen LogP contribution is 2.24. The molecule has 1 unspecified atom stereocenters. The van der Waals surface area contributed by atoms with E-state index in [0.717, 1.165) is 0 Å². The zero-order valence-electron chi connectivity index (χ0n) is 10.8. The van der Waals surface area contributed by atoms with Gasteiger partial charge in [0.15, 0.2) is 5.78 Å². The average molecular weight is 258 g/mol. The van der Waals surface area contributed by atoms with Crippen LogP contribution in [0.2, 0.25) is 5.02 Å². The molecule has 96 valence electrons. The lowest BCUT2D eigenvalue weighted by Crippen LogP contribution is -2.30. The van der Waals surface area contributed by atoms with Gasteiger partial charge in [-0.15, -0.1) is 0 Å². The van der Waals surface area contributed by atoms with Crippen molar-refractivity contribution in [1.29, 1.82) is 0 Å². The molecule has 0 fully saturated rings. The highest BCUT2D eigenvalue weighted by Gasteiger charge is 2.27. The molecule has 5 heteroatoms. The van der Waals surface area contributed by atoms with Gasteiger partial charge in [0.05, 0.1) is 11.2 Å². The van der Waals surface area contributed by atoms with Crippen LogP contribution in [0.25, 0.3) is 0 Å². The molecule has 1 aromatic heterocycles. The summed E-state index contributed by atoms with van der Waals surface area (Å²) in [6.07, 6.45) is 1.52. The average Bonchev–Trinajstić information content (AvgIpc) is 2.60. The van der Waals surface area contributed by atoms with Gasteiger partial charge in [0.25, 0.3) is 0 Å². The second kappa shape index (κ2) is 5.65. The highest BCUT2D eigenvalue weighted by atomic mass is 35.5. The Hall–Kier alpha value is -0.870. The molecule has 0 radical (unpaired) electrons. The van der Waals surface area contributed by atoms with Crippen molar-refractivity contribution in [1.82, 2.24) is 9.78 Å². The first-order valence-corrected chi connectivity index (χ1v) is 6.25. The van der Waals surface area contributed by atoms with Crippen molar-refractivity contribution in [3.8, 4) is 0 Å². The number of rotatable bonds is 5. The van der Waals surface area contributed by atoms with E-state index in [9.17, 15) is 4.79 Å². The zero-order chi connectivity index (χ0) is 13.2. The summed E-state index contributed by atoms with van der Waals surface area (Å²) < 4.78 is 1.66. The van der Waals surface area contributed by atoms with E-state index in [-0.39, 0.29) is 23.7 Å². The van der Waals surface area contributed by atoms with Crippen molar-refractivity contribution >= 4 is 17.4 Å². The molecule has 1 atom stereocenters. The molecule has 17 heavy (non-hydrogen) atoms. The second-order valence-corrected chi connectivity index (χ2v) is 5.24. The fourth-order valence-corrected chi connectivity index (χ4v) is 2.04. The maximum atomic E-state index is 12.4. The molecule has 2 N–H and O–H groups in total. The van der Waals surface area contributed by atoms with Gasteiger partial charge in [0, 0.05) is 18.5 Å². The Balaban J connectivity index is 3.15. The van der Waals surface area contributed by atoms with Gasteiger partial charge in [0.1, 0.15) is 5.69 Å². The van der Waals surface area contributed by atoms with Gasteiger partial charge in [-0.25, -0.2) is 0 Å². The first-order valence-electron chi connectivity index (χ1n) is 5.87. The van der Waals surface area contributed by atoms with E-state index >= 15 is 0 Å². The van der Waals surface area contributed by atoms with Gasteiger partial charge in [-0.05, 0) is 19.8 Å². The quantitative estimate of drug-likeness (QED) is 0.825. The SMILES string of the molecule is CC(C)C(CN)C(=O)c1c(Cl)cnn1C(C)C. The smallest absolute Gasteiger partial charge is 0.186 e. The van der Waals surface area contributed by atoms with Crippen molar-refractivity contribution in [3.63, 3.8) is 0 Å². The lowest BCUT2D eigenvalue weighted by Gasteiger charge is -2.19. The Morgan fingerprint density at radius 1 is 1.47 bits per heavy atom. The molecule has 1 aromatic rings. The number of carbonyl (C=O) groups is 1. The maximum Gasteiger partial charge on any atom is 0.186 e. The van der Waals surface area contributed by atoms with Crippen LogP contribution in [0.3, 0.4) is 0 Å². The molecule has 0 aliphatic rings. The molecular weight excluding hydrogens is 238 g/mol. The summed E-state index contributed by atoms with van der Waals surface area (Å²) >= 11 is 6.04. The third-order valence-corrected chi connectivity index (χ3v) is 3.15. The zero-order valence-corrected chi connectivity index (χ0v) is 11.5. The molecule has 0 bridgehead atoms. The summed E-state index contributed by atoms with van der Waals surface area (Å²) in [7, 11) is 0. The summed E-state index contributed by atoms with van der Waals surface area (Å²) in [5.74, 6) is -0.0283. The topological polar surface area (TPSA) is 60.9 Å². The van der Waals surface area contributed by atoms with E-state index in [0.29, 0.717) is 17.3 Å². The summed E-state index contributed by atoms with van der Waals surface area (Å²) in [6.45, 7) is 8.23. The molecular formula is C12H20ClN3O. The molecule has 0 aliphatic carbocycles. The van der Waals surface area contributed by atoms with Crippen molar-refractivity contribution in [3.05, 3.63) is 16.9 Å². The Morgan fingerprint density at radius 3 is 2.47 bits per heavy atom. The molecule has 0 aliphatic heterocycles. The van der Waals surface area contributed by atoms with E-state index in [4.69, 9.17) is 17.3 Å². The van der Waals surface area contributed by atoms with Gasteiger partial charge in [-0.3, -0.25) is 9.48 Å². The molecule has 0 saturated carbocycles. The molecule has 0 spiro atoms. The molecule has 0 amide bonds. The number of halogens is 1. The third kappa shape index (κ3) is 2.87. The highest BCUT2D eigenvalue weighted by molar-refractivity contribution is 6.33. The Labute approximate surface area is 107 Å². The van der Waals surface area contributed by atoms with E-state index in [2.05, 4.69) is 5.10 Å². The van der Waals surface area contributed by atoms with Crippen molar-refractivity contribution in [2.45, 2.75) is 33.7 Å². The minimum Gasteiger partial charge on any atom is -0.330 e. The minimum absolute atomic E-state index is 0.0151. The first kappa shape index (κ1) is 14.2. The van der Waals surface area contributed by atoms with Gasteiger partial charge in [-0.1, -0.05) is 25.4 Å². The van der Waals surface area contributed by atoms with Crippen LogP contribution in [0.1, 0.15) is 44.2 Å². The Kier molecular flexibility index (Phi) is 4.71. The standard InChI is InChI=1S/C12H20ClN3O/c1-7(2)9(5-14)12(17)11-10(13)6-15-16(11)8(3)4/h6-9H,5,14H2,1-4H3. The van der Waals surface area contributed by atoms with Crippen LogP contribution >= 0.6 is 11.6 Å². The Bertz CT molecular complexity index is 398. The molecule has 1 heterocycles. The van der Waals surface area contributed by atoms with Crippen LogP contribution in [-0.2, 0) is 0 Å². The van der Waals surface area contributed by atoms with Gasteiger partial charge < -0.3 is 5.73 Å². The van der Waals surface area contributed by atoms with Crippen molar-refractivity contribution in [2.75, 3.05) is 6.54 Å². The van der Waals surface area contributed by atoms with Gasteiger partial charge in [-0.2, -0.15) is 5.10 Å². The van der Waals surface area contributed by atoms with E-state index in [1.54, 1.807) is 4.68 Å². The van der Waals surface area contributed by atoms with Gasteiger partial charge in [0.2, 0.25) is 0 Å². The van der Waals surface area contributed by atoms with Gasteiger partial charge >= 0.3 is 0 Å². The minimum atomic E-state index is -0.207. The van der Waals surface area contributed by atoms with Crippen LogP contribution in [-0.4, -0.2) is 22.1 Å². The van der Waals surface area contributed by atoms with Crippen LogP contribution in [0.5, 0.6) is 0 Å². The fourth-order valence-electron chi connectivity index (χ4n) is 1.82. The molecule has 1 rings (SSSR count). The lowest BCUT2D eigenvalue weighted by atomic mass is 9.90.